The SMILES string of the molecule is Cc1cc(CNC(=O)c2ccc3c(c2)n(CC2CC2)c(=O)n3C2CCCCC2)on1. The molecule has 1 amide bonds. The number of benzene rings is 1. The highest BCUT2D eigenvalue weighted by Gasteiger charge is 2.27. The van der Waals surface area contributed by atoms with E-state index in [2.05, 4.69) is 10.5 Å². The Kier molecular flexibility index (Phi) is 4.97. The first-order valence-corrected chi connectivity index (χ1v) is 11.1. The van der Waals surface area contributed by atoms with E-state index in [0.29, 0.717) is 17.2 Å². The van der Waals surface area contributed by atoms with E-state index in [-0.39, 0.29) is 24.2 Å². The Balaban J connectivity index is 1.47. The van der Waals surface area contributed by atoms with Crippen LogP contribution in [-0.4, -0.2) is 20.2 Å². The maximum absolute atomic E-state index is 13.4. The minimum Gasteiger partial charge on any atom is -0.359 e. The van der Waals surface area contributed by atoms with Gasteiger partial charge in [0.25, 0.3) is 5.91 Å². The summed E-state index contributed by atoms with van der Waals surface area (Å²) in [5.74, 6) is 1.03. The van der Waals surface area contributed by atoms with Crippen molar-refractivity contribution in [3.8, 4) is 0 Å². The number of fused-ring (bicyclic) bond motifs is 1. The van der Waals surface area contributed by atoms with Crippen LogP contribution in [0.3, 0.4) is 0 Å². The van der Waals surface area contributed by atoms with Crippen LogP contribution < -0.4 is 11.0 Å². The number of nitrogens with one attached hydrogen (secondary N) is 1. The maximum Gasteiger partial charge on any atom is 0.329 e. The van der Waals surface area contributed by atoms with Gasteiger partial charge in [0.2, 0.25) is 0 Å². The lowest BCUT2D eigenvalue weighted by Crippen LogP contribution is -2.29. The number of hydrogen-bond donors (Lipinski definition) is 1. The molecule has 2 fully saturated rings. The summed E-state index contributed by atoms with van der Waals surface area (Å²) in [6.45, 7) is 2.88. The van der Waals surface area contributed by atoms with Crippen molar-refractivity contribution in [1.82, 2.24) is 19.6 Å². The lowest BCUT2D eigenvalue weighted by Gasteiger charge is -2.23. The fraction of sp³-hybridized carbons (Fsp3) is 0.522. The predicted octanol–water partition coefficient (Wildman–Crippen LogP) is 3.94. The van der Waals surface area contributed by atoms with Crippen LogP contribution in [-0.2, 0) is 13.1 Å². The molecule has 5 rings (SSSR count). The van der Waals surface area contributed by atoms with E-state index in [9.17, 15) is 9.59 Å². The highest BCUT2D eigenvalue weighted by atomic mass is 16.5. The van der Waals surface area contributed by atoms with E-state index in [4.69, 9.17) is 4.52 Å². The Bertz CT molecular complexity index is 1130. The average molecular weight is 409 g/mol. The number of aromatic nitrogens is 3. The number of rotatable bonds is 6. The summed E-state index contributed by atoms with van der Waals surface area (Å²) in [5.41, 5.74) is 3.26. The standard InChI is InChI=1S/C23H28N4O3/c1-15-11-19(30-25-15)13-24-22(28)17-9-10-20-21(12-17)26(14-16-7-8-16)23(29)27(20)18-5-3-2-4-6-18/h9-12,16,18H,2-8,13-14H2,1H3,(H,24,28). The number of hydrogen-bond acceptors (Lipinski definition) is 4. The Morgan fingerprint density at radius 3 is 2.63 bits per heavy atom. The summed E-state index contributed by atoms with van der Waals surface area (Å²) in [5, 5.41) is 6.73. The molecular weight excluding hydrogens is 380 g/mol. The molecule has 0 spiro atoms. The van der Waals surface area contributed by atoms with Crippen molar-refractivity contribution in [3.63, 3.8) is 0 Å². The minimum absolute atomic E-state index is 0.0819. The van der Waals surface area contributed by atoms with Crippen molar-refractivity contribution in [2.75, 3.05) is 0 Å². The fourth-order valence-corrected chi connectivity index (χ4v) is 4.62. The molecule has 0 unspecified atom stereocenters. The first-order chi connectivity index (χ1) is 14.6. The third kappa shape index (κ3) is 3.68. The van der Waals surface area contributed by atoms with E-state index < -0.39 is 0 Å². The van der Waals surface area contributed by atoms with Gasteiger partial charge in [0.1, 0.15) is 0 Å². The van der Waals surface area contributed by atoms with Crippen LogP contribution in [0.4, 0.5) is 0 Å². The molecule has 2 heterocycles. The van der Waals surface area contributed by atoms with Crippen molar-refractivity contribution in [2.45, 2.75) is 71.0 Å². The summed E-state index contributed by atoms with van der Waals surface area (Å²) in [4.78, 5) is 26.1. The molecular formula is C23H28N4O3. The molecule has 1 aromatic carbocycles. The molecule has 0 aliphatic heterocycles. The Hall–Kier alpha value is -2.83. The number of imidazole rings is 1. The highest BCUT2D eigenvalue weighted by Crippen LogP contribution is 2.33. The third-order valence-electron chi connectivity index (χ3n) is 6.40. The largest absolute Gasteiger partial charge is 0.359 e. The number of nitrogens with zero attached hydrogens (tertiary/aromatic N) is 3. The summed E-state index contributed by atoms with van der Waals surface area (Å²) >= 11 is 0. The predicted molar refractivity (Wildman–Crippen MR) is 113 cm³/mol. The molecule has 2 saturated carbocycles. The summed E-state index contributed by atoms with van der Waals surface area (Å²) in [7, 11) is 0. The zero-order valence-corrected chi connectivity index (χ0v) is 17.4. The van der Waals surface area contributed by atoms with Crippen LogP contribution in [0.2, 0.25) is 0 Å². The summed E-state index contributed by atoms with van der Waals surface area (Å²) in [6.07, 6.45) is 8.07. The van der Waals surface area contributed by atoms with Gasteiger partial charge in [-0.3, -0.25) is 13.9 Å². The van der Waals surface area contributed by atoms with Gasteiger partial charge in [0.05, 0.1) is 23.3 Å². The molecule has 158 valence electrons. The number of carbonyl (C=O) groups excluding carboxylic acids is 1. The number of carbonyl (C=O) groups is 1. The van der Waals surface area contributed by atoms with Crippen molar-refractivity contribution in [2.24, 2.45) is 5.92 Å². The number of aryl methyl sites for hydroxylation is 1. The van der Waals surface area contributed by atoms with Crippen molar-refractivity contribution >= 4 is 16.9 Å². The Morgan fingerprint density at radius 1 is 1.13 bits per heavy atom. The second-order valence-electron chi connectivity index (χ2n) is 8.82. The minimum atomic E-state index is -0.179. The van der Waals surface area contributed by atoms with Gasteiger partial charge in [-0.15, -0.1) is 0 Å². The van der Waals surface area contributed by atoms with Gasteiger partial charge in [0, 0.05) is 24.2 Å². The molecule has 1 N–H and O–H groups in total. The van der Waals surface area contributed by atoms with Crippen molar-refractivity contribution < 1.29 is 9.32 Å². The molecule has 0 bridgehead atoms. The van der Waals surface area contributed by atoms with Crippen LogP contribution in [0, 0.1) is 12.8 Å². The van der Waals surface area contributed by atoms with Gasteiger partial charge in [-0.25, -0.2) is 4.79 Å². The third-order valence-corrected chi connectivity index (χ3v) is 6.40. The van der Waals surface area contributed by atoms with Crippen LogP contribution >= 0.6 is 0 Å². The van der Waals surface area contributed by atoms with Gasteiger partial charge >= 0.3 is 5.69 Å². The summed E-state index contributed by atoms with van der Waals surface area (Å²) in [6, 6.07) is 7.72. The second kappa shape index (κ2) is 7.78. The zero-order valence-electron chi connectivity index (χ0n) is 17.4. The normalized spacial score (nSPS) is 17.5. The van der Waals surface area contributed by atoms with Gasteiger partial charge in [0.15, 0.2) is 5.76 Å². The topological polar surface area (TPSA) is 82.1 Å². The average Bonchev–Trinajstić information content (AvgIpc) is 3.43. The molecule has 0 saturated heterocycles. The highest BCUT2D eigenvalue weighted by molar-refractivity contribution is 5.97. The first-order valence-electron chi connectivity index (χ1n) is 11.1. The fourth-order valence-electron chi connectivity index (χ4n) is 4.62. The van der Waals surface area contributed by atoms with Crippen LogP contribution in [0.1, 0.15) is 72.8 Å². The monoisotopic (exact) mass is 408 g/mol. The van der Waals surface area contributed by atoms with Gasteiger partial charge < -0.3 is 9.84 Å². The van der Waals surface area contributed by atoms with E-state index >= 15 is 0 Å². The van der Waals surface area contributed by atoms with E-state index in [1.807, 2.05) is 34.3 Å². The molecule has 2 aliphatic rings. The number of amides is 1. The molecule has 30 heavy (non-hydrogen) atoms. The zero-order chi connectivity index (χ0) is 20.7. The molecule has 0 atom stereocenters. The molecule has 2 aliphatic carbocycles. The molecule has 7 heteroatoms. The summed E-state index contributed by atoms with van der Waals surface area (Å²) < 4.78 is 9.06. The van der Waals surface area contributed by atoms with Gasteiger partial charge in [-0.05, 0) is 56.7 Å². The molecule has 2 aromatic heterocycles. The lowest BCUT2D eigenvalue weighted by atomic mass is 9.95. The van der Waals surface area contributed by atoms with Crippen molar-refractivity contribution in [1.29, 1.82) is 0 Å². The van der Waals surface area contributed by atoms with Gasteiger partial charge in [-0.1, -0.05) is 24.4 Å². The maximum atomic E-state index is 13.4. The molecule has 3 aromatic rings. The second-order valence-corrected chi connectivity index (χ2v) is 8.82. The molecule has 7 nitrogen and oxygen atoms in total. The Labute approximate surface area is 175 Å². The van der Waals surface area contributed by atoms with E-state index in [1.165, 1.54) is 32.1 Å². The smallest absolute Gasteiger partial charge is 0.329 e. The Morgan fingerprint density at radius 2 is 1.93 bits per heavy atom. The first kappa shape index (κ1) is 19.2. The van der Waals surface area contributed by atoms with E-state index in [1.54, 1.807) is 6.07 Å². The van der Waals surface area contributed by atoms with E-state index in [0.717, 1.165) is 36.1 Å². The lowest BCUT2D eigenvalue weighted by molar-refractivity contribution is 0.0947. The molecule has 0 radical (unpaired) electrons. The van der Waals surface area contributed by atoms with Crippen LogP contribution in [0.5, 0.6) is 0 Å². The van der Waals surface area contributed by atoms with Crippen LogP contribution in [0.25, 0.3) is 11.0 Å². The quantitative estimate of drug-likeness (QED) is 0.670. The van der Waals surface area contributed by atoms with Crippen LogP contribution in [0.15, 0.2) is 33.6 Å². The van der Waals surface area contributed by atoms with Gasteiger partial charge in [-0.2, -0.15) is 0 Å². The van der Waals surface area contributed by atoms with Crippen molar-refractivity contribution in [3.05, 3.63) is 51.8 Å².